The number of rotatable bonds is 5. The lowest BCUT2D eigenvalue weighted by molar-refractivity contribution is 0.297. The summed E-state index contributed by atoms with van der Waals surface area (Å²) in [6, 6.07) is 8.32. The fourth-order valence-corrected chi connectivity index (χ4v) is 2.78. The first-order chi connectivity index (χ1) is 9.81. The minimum atomic E-state index is 0.146. The van der Waals surface area contributed by atoms with Crippen molar-refractivity contribution < 1.29 is 4.74 Å². The highest BCUT2D eigenvalue weighted by Gasteiger charge is 2.30. The van der Waals surface area contributed by atoms with Crippen molar-refractivity contribution in [2.45, 2.75) is 31.8 Å². The Kier molecular flexibility index (Phi) is 3.71. The molecule has 0 bridgehead atoms. The molecule has 1 aliphatic rings. The highest BCUT2D eigenvalue weighted by atomic mass is 16.5. The largest absolute Gasteiger partial charge is 0.493 e. The van der Waals surface area contributed by atoms with Crippen molar-refractivity contribution in [1.82, 2.24) is 15.2 Å². The van der Waals surface area contributed by atoms with E-state index in [0.717, 1.165) is 18.7 Å². The number of aryl methyl sites for hydroxylation is 1. The third-order valence-corrected chi connectivity index (χ3v) is 3.90. The Morgan fingerprint density at radius 2 is 2.35 bits per heavy atom. The summed E-state index contributed by atoms with van der Waals surface area (Å²) < 4.78 is 7.67. The molecule has 3 rings (SSSR count). The van der Waals surface area contributed by atoms with E-state index in [2.05, 4.69) is 29.7 Å². The number of nitrogens with zero attached hydrogens (tertiary/aromatic N) is 2. The van der Waals surface area contributed by atoms with E-state index in [9.17, 15) is 0 Å². The summed E-state index contributed by atoms with van der Waals surface area (Å²) in [7, 11) is 0. The lowest BCUT2D eigenvalue weighted by atomic mass is 9.90. The zero-order valence-electron chi connectivity index (χ0n) is 11.6. The quantitative estimate of drug-likeness (QED) is 0.639. The zero-order chi connectivity index (χ0) is 13.9. The first-order valence-corrected chi connectivity index (χ1v) is 7.01. The topological polar surface area (TPSA) is 65.1 Å². The molecule has 0 amide bonds. The molecule has 5 nitrogen and oxygen atoms in total. The molecule has 5 heteroatoms. The maximum absolute atomic E-state index is 5.76. The zero-order valence-corrected chi connectivity index (χ0v) is 11.6. The van der Waals surface area contributed by atoms with E-state index in [1.807, 2.05) is 29.1 Å². The molecule has 1 aliphatic heterocycles. The number of para-hydroxylation sites is 1. The number of hydrogen-bond donors (Lipinski definition) is 2. The van der Waals surface area contributed by atoms with Crippen LogP contribution in [0.1, 0.15) is 24.0 Å². The number of aromatic nitrogens is 2. The van der Waals surface area contributed by atoms with Gasteiger partial charge in [0.25, 0.3) is 0 Å². The number of nitrogens with one attached hydrogen (secondary N) is 1. The fraction of sp³-hybridized carbons (Fsp3) is 0.400. The molecule has 106 valence electrons. The maximum Gasteiger partial charge on any atom is 0.122 e. The van der Waals surface area contributed by atoms with Gasteiger partial charge in [0.05, 0.1) is 12.8 Å². The van der Waals surface area contributed by atoms with E-state index in [1.54, 1.807) is 0 Å². The third kappa shape index (κ3) is 2.42. The summed E-state index contributed by atoms with van der Waals surface area (Å²) >= 11 is 0. The van der Waals surface area contributed by atoms with Gasteiger partial charge in [-0.3, -0.25) is 16.0 Å². The van der Waals surface area contributed by atoms with Crippen LogP contribution >= 0.6 is 0 Å². The van der Waals surface area contributed by atoms with E-state index in [1.165, 1.54) is 11.1 Å². The molecule has 0 fully saturated rings. The summed E-state index contributed by atoms with van der Waals surface area (Å²) in [6.45, 7) is 3.64. The SMILES string of the molecule is CCn1cc(CC(NN)C2COc3ccccc32)cn1. The molecule has 0 radical (unpaired) electrons. The first kappa shape index (κ1) is 13.1. The molecule has 2 unspecified atom stereocenters. The predicted molar refractivity (Wildman–Crippen MR) is 77.4 cm³/mol. The molecular weight excluding hydrogens is 252 g/mol. The molecule has 2 aromatic rings. The monoisotopic (exact) mass is 272 g/mol. The van der Waals surface area contributed by atoms with Crippen LogP contribution < -0.4 is 16.0 Å². The molecule has 0 aliphatic carbocycles. The Morgan fingerprint density at radius 1 is 1.50 bits per heavy atom. The van der Waals surface area contributed by atoms with Crippen molar-refractivity contribution in [1.29, 1.82) is 0 Å². The highest BCUT2D eigenvalue weighted by Crippen LogP contribution is 2.36. The van der Waals surface area contributed by atoms with Crippen molar-refractivity contribution in [2.24, 2.45) is 5.84 Å². The molecule has 0 saturated heterocycles. The van der Waals surface area contributed by atoms with Crippen molar-refractivity contribution in [3.8, 4) is 5.75 Å². The van der Waals surface area contributed by atoms with Crippen LogP contribution in [0, 0.1) is 0 Å². The van der Waals surface area contributed by atoms with Gasteiger partial charge in [0.2, 0.25) is 0 Å². The van der Waals surface area contributed by atoms with E-state index >= 15 is 0 Å². The summed E-state index contributed by atoms with van der Waals surface area (Å²) in [5.74, 6) is 7.02. The number of hydrogen-bond acceptors (Lipinski definition) is 4. The van der Waals surface area contributed by atoms with Crippen LogP contribution in [0.25, 0.3) is 0 Å². The van der Waals surface area contributed by atoms with E-state index < -0.39 is 0 Å². The number of hydrazine groups is 1. The summed E-state index contributed by atoms with van der Waals surface area (Å²) in [6.07, 6.45) is 4.83. The Balaban J connectivity index is 1.77. The lowest BCUT2D eigenvalue weighted by Gasteiger charge is -2.21. The van der Waals surface area contributed by atoms with Gasteiger partial charge < -0.3 is 4.74 Å². The number of fused-ring (bicyclic) bond motifs is 1. The molecule has 0 saturated carbocycles. The maximum atomic E-state index is 5.76. The number of ether oxygens (including phenoxy) is 1. The second kappa shape index (κ2) is 5.64. The predicted octanol–water partition coefficient (Wildman–Crippen LogP) is 1.45. The molecular formula is C15H20N4O. The van der Waals surface area contributed by atoms with Gasteiger partial charge in [-0.05, 0) is 25.0 Å². The average Bonchev–Trinajstić information content (AvgIpc) is 3.11. The van der Waals surface area contributed by atoms with Crippen molar-refractivity contribution in [3.05, 3.63) is 47.8 Å². The van der Waals surface area contributed by atoms with Gasteiger partial charge in [-0.1, -0.05) is 18.2 Å². The van der Waals surface area contributed by atoms with Crippen LogP contribution in [0.2, 0.25) is 0 Å². The molecule has 1 aromatic heterocycles. The number of benzene rings is 1. The van der Waals surface area contributed by atoms with Crippen LogP contribution in [0.3, 0.4) is 0 Å². The summed E-state index contributed by atoms with van der Waals surface area (Å²) in [5, 5.41) is 4.31. The van der Waals surface area contributed by atoms with Crippen molar-refractivity contribution >= 4 is 0 Å². The van der Waals surface area contributed by atoms with Gasteiger partial charge in [0.1, 0.15) is 5.75 Å². The highest BCUT2D eigenvalue weighted by molar-refractivity contribution is 5.40. The molecule has 2 heterocycles. The van der Waals surface area contributed by atoms with Gasteiger partial charge in [-0.25, -0.2) is 0 Å². The van der Waals surface area contributed by atoms with Crippen LogP contribution in [0.4, 0.5) is 0 Å². The van der Waals surface area contributed by atoms with E-state index in [-0.39, 0.29) is 12.0 Å². The van der Waals surface area contributed by atoms with E-state index in [4.69, 9.17) is 10.6 Å². The fourth-order valence-electron chi connectivity index (χ4n) is 2.78. The molecule has 3 N–H and O–H groups in total. The second-order valence-electron chi connectivity index (χ2n) is 5.14. The Labute approximate surface area is 118 Å². The number of nitrogens with two attached hydrogens (primary N) is 1. The van der Waals surface area contributed by atoms with Crippen LogP contribution in [0.15, 0.2) is 36.7 Å². The minimum absolute atomic E-state index is 0.146. The van der Waals surface area contributed by atoms with Gasteiger partial charge in [0, 0.05) is 30.3 Å². The lowest BCUT2D eigenvalue weighted by Crippen LogP contribution is -2.42. The molecule has 0 spiro atoms. The first-order valence-electron chi connectivity index (χ1n) is 7.01. The Morgan fingerprint density at radius 3 is 3.10 bits per heavy atom. The minimum Gasteiger partial charge on any atom is -0.493 e. The Bertz CT molecular complexity index is 581. The van der Waals surface area contributed by atoms with Crippen molar-refractivity contribution in [2.75, 3.05) is 6.61 Å². The van der Waals surface area contributed by atoms with E-state index in [0.29, 0.717) is 6.61 Å². The summed E-state index contributed by atoms with van der Waals surface area (Å²) in [5.41, 5.74) is 5.37. The van der Waals surface area contributed by atoms with Crippen LogP contribution in [-0.4, -0.2) is 22.4 Å². The third-order valence-electron chi connectivity index (χ3n) is 3.90. The smallest absolute Gasteiger partial charge is 0.122 e. The van der Waals surface area contributed by atoms with Gasteiger partial charge in [-0.15, -0.1) is 0 Å². The normalized spacial score (nSPS) is 18.6. The van der Waals surface area contributed by atoms with Gasteiger partial charge in [-0.2, -0.15) is 5.10 Å². The Hall–Kier alpha value is -1.85. The van der Waals surface area contributed by atoms with Crippen molar-refractivity contribution in [3.63, 3.8) is 0 Å². The second-order valence-corrected chi connectivity index (χ2v) is 5.14. The summed E-state index contributed by atoms with van der Waals surface area (Å²) in [4.78, 5) is 0. The standard InChI is InChI=1S/C15H20N4O/c1-2-19-9-11(8-17-19)7-14(18-16)13-10-20-15-6-4-3-5-12(13)15/h3-6,8-9,13-14,18H,2,7,10,16H2,1H3. The van der Waals surface area contributed by atoms with Crippen LogP contribution in [-0.2, 0) is 13.0 Å². The average molecular weight is 272 g/mol. The molecule has 20 heavy (non-hydrogen) atoms. The van der Waals surface area contributed by atoms with Crippen LogP contribution in [0.5, 0.6) is 5.75 Å². The van der Waals surface area contributed by atoms with Gasteiger partial charge >= 0.3 is 0 Å². The van der Waals surface area contributed by atoms with Gasteiger partial charge in [0.15, 0.2) is 0 Å². The molecule has 1 aromatic carbocycles. The molecule has 2 atom stereocenters.